The summed E-state index contributed by atoms with van der Waals surface area (Å²) < 4.78 is 33.2. The summed E-state index contributed by atoms with van der Waals surface area (Å²) in [6, 6.07) is 0. The van der Waals surface area contributed by atoms with Crippen molar-refractivity contribution in [2.75, 3.05) is 13.7 Å². The van der Waals surface area contributed by atoms with Crippen molar-refractivity contribution in [1.82, 2.24) is 0 Å². The highest BCUT2D eigenvalue weighted by atomic mass is 32.2. The first-order valence-electron chi connectivity index (χ1n) is 2.49. The van der Waals surface area contributed by atoms with Gasteiger partial charge >= 0.3 is 0 Å². The summed E-state index contributed by atoms with van der Waals surface area (Å²) >= 11 is 0. The Kier molecular flexibility index (Phi) is 2.78. The predicted octanol–water partition coefficient (Wildman–Crippen LogP) is -0.771. The van der Waals surface area contributed by atoms with E-state index in [1.807, 2.05) is 0 Å². The van der Waals surface area contributed by atoms with Crippen LogP contribution in [-0.2, 0) is 14.9 Å². The van der Waals surface area contributed by atoms with Crippen molar-refractivity contribution < 1.29 is 22.8 Å². The van der Waals surface area contributed by atoms with Crippen molar-refractivity contribution in [3.05, 3.63) is 0 Å². The van der Waals surface area contributed by atoms with Crippen LogP contribution in [0.4, 0.5) is 0 Å². The standard InChI is InChI=1S/C4H10O5S/c1-4(5,3-9-2)10(6,7)8/h5H,3H2,1-2H3,(H,6,7,8). The lowest BCUT2D eigenvalue weighted by Gasteiger charge is -2.17. The Morgan fingerprint density at radius 2 is 2.00 bits per heavy atom. The number of hydrogen-bond acceptors (Lipinski definition) is 4. The lowest BCUT2D eigenvalue weighted by atomic mass is 10.4. The number of rotatable bonds is 3. The average molecular weight is 170 g/mol. The summed E-state index contributed by atoms with van der Waals surface area (Å²) in [6.45, 7) is 0.498. The topological polar surface area (TPSA) is 83.8 Å². The van der Waals surface area contributed by atoms with Gasteiger partial charge in [-0.05, 0) is 6.92 Å². The molecule has 0 saturated carbocycles. The van der Waals surface area contributed by atoms with Crippen molar-refractivity contribution >= 4 is 10.1 Å². The molecule has 0 aromatic carbocycles. The molecule has 6 heteroatoms. The first kappa shape index (κ1) is 9.83. The van der Waals surface area contributed by atoms with E-state index in [1.54, 1.807) is 0 Å². The average Bonchev–Trinajstić information content (AvgIpc) is 1.61. The fourth-order valence-corrected chi connectivity index (χ4v) is 0.609. The van der Waals surface area contributed by atoms with E-state index in [0.29, 0.717) is 0 Å². The van der Waals surface area contributed by atoms with Gasteiger partial charge in [-0.15, -0.1) is 0 Å². The third kappa shape index (κ3) is 2.22. The molecule has 0 aliphatic heterocycles. The molecule has 0 aliphatic rings. The van der Waals surface area contributed by atoms with Crippen LogP contribution < -0.4 is 0 Å². The van der Waals surface area contributed by atoms with Crippen molar-refractivity contribution in [2.24, 2.45) is 0 Å². The van der Waals surface area contributed by atoms with Crippen LogP contribution >= 0.6 is 0 Å². The van der Waals surface area contributed by atoms with Crippen molar-refractivity contribution in [1.29, 1.82) is 0 Å². The fourth-order valence-electron chi connectivity index (χ4n) is 0.342. The van der Waals surface area contributed by atoms with Crippen LogP contribution in [0.1, 0.15) is 6.92 Å². The van der Waals surface area contributed by atoms with Crippen LogP contribution in [0, 0.1) is 0 Å². The monoisotopic (exact) mass is 170 g/mol. The molecule has 0 spiro atoms. The maximum atomic E-state index is 10.3. The fraction of sp³-hybridized carbons (Fsp3) is 1.00. The Bertz CT molecular complexity index is 192. The van der Waals surface area contributed by atoms with E-state index in [4.69, 9.17) is 9.66 Å². The molecule has 1 unspecified atom stereocenters. The molecule has 0 rings (SSSR count). The highest BCUT2D eigenvalue weighted by Gasteiger charge is 2.35. The normalized spacial score (nSPS) is 18.4. The first-order chi connectivity index (χ1) is 4.31. The molecule has 0 aliphatic carbocycles. The third-order valence-electron chi connectivity index (χ3n) is 0.968. The quantitative estimate of drug-likeness (QED) is 0.543. The van der Waals surface area contributed by atoms with Gasteiger partial charge in [0.2, 0.25) is 4.93 Å². The van der Waals surface area contributed by atoms with Crippen LogP contribution in [0.25, 0.3) is 0 Å². The number of aliphatic hydroxyl groups is 1. The Hall–Kier alpha value is -0.170. The lowest BCUT2D eigenvalue weighted by molar-refractivity contribution is 0.0380. The van der Waals surface area contributed by atoms with Gasteiger partial charge in [0.25, 0.3) is 10.1 Å². The van der Waals surface area contributed by atoms with Crippen molar-refractivity contribution in [3.63, 3.8) is 0 Å². The molecule has 10 heavy (non-hydrogen) atoms. The molecule has 0 saturated heterocycles. The van der Waals surface area contributed by atoms with Gasteiger partial charge in [0, 0.05) is 7.11 Å². The highest BCUT2D eigenvalue weighted by Crippen LogP contribution is 2.10. The minimum atomic E-state index is -4.43. The minimum absolute atomic E-state index is 0.453. The van der Waals surface area contributed by atoms with E-state index in [0.717, 1.165) is 6.92 Å². The molecule has 0 aromatic rings. The molecule has 62 valence electrons. The largest absolute Gasteiger partial charge is 0.380 e. The van der Waals surface area contributed by atoms with E-state index < -0.39 is 21.7 Å². The summed E-state index contributed by atoms with van der Waals surface area (Å²) in [4.78, 5) is -2.21. The number of ether oxygens (including phenoxy) is 1. The maximum absolute atomic E-state index is 10.3. The second-order valence-electron chi connectivity index (χ2n) is 2.08. The smallest absolute Gasteiger partial charge is 0.297 e. The Morgan fingerprint density at radius 3 is 2.10 bits per heavy atom. The highest BCUT2D eigenvalue weighted by molar-refractivity contribution is 7.87. The van der Waals surface area contributed by atoms with Gasteiger partial charge in [-0.2, -0.15) is 8.42 Å². The second kappa shape index (κ2) is 2.83. The maximum Gasteiger partial charge on any atom is 0.297 e. The van der Waals surface area contributed by atoms with Gasteiger partial charge in [0.1, 0.15) is 0 Å². The van der Waals surface area contributed by atoms with Crippen LogP contribution in [0.5, 0.6) is 0 Å². The van der Waals surface area contributed by atoms with Gasteiger partial charge in [-0.1, -0.05) is 0 Å². The predicted molar refractivity (Wildman–Crippen MR) is 34.0 cm³/mol. The number of hydrogen-bond donors (Lipinski definition) is 2. The van der Waals surface area contributed by atoms with Gasteiger partial charge < -0.3 is 9.84 Å². The van der Waals surface area contributed by atoms with Crippen LogP contribution in [0.2, 0.25) is 0 Å². The summed E-state index contributed by atoms with van der Waals surface area (Å²) in [6.07, 6.45) is 0. The third-order valence-corrected chi connectivity index (χ3v) is 2.20. The van der Waals surface area contributed by atoms with Gasteiger partial charge in [-0.3, -0.25) is 4.55 Å². The molecule has 1 atom stereocenters. The van der Waals surface area contributed by atoms with E-state index >= 15 is 0 Å². The molecule has 0 fully saturated rings. The Balaban J connectivity index is 4.42. The first-order valence-corrected chi connectivity index (χ1v) is 3.93. The summed E-state index contributed by atoms with van der Waals surface area (Å²) in [5, 5.41) is 8.89. The zero-order valence-electron chi connectivity index (χ0n) is 5.73. The SMILES string of the molecule is COCC(C)(O)S(=O)(=O)O. The molecule has 0 aromatic heterocycles. The van der Waals surface area contributed by atoms with E-state index in [2.05, 4.69) is 4.74 Å². The summed E-state index contributed by atoms with van der Waals surface area (Å²) in [5.41, 5.74) is 0. The molecule has 2 N–H and O–H groups in total. The molecular weight excluding hydrogens is 160 g/mol. The lowest BCUT2D eigenvalue weighted by Crippen LogP contribution is -2.39. The van der Waals surface area contributed by atoms with Gasteiger partial charge in [0.05, 0.1) is 6.61 Å². The molecule has 0 amide bonds. The zero-order chi connectivity index (χ0) is 8.41. The van der Waals surface area contributed by atoms with Crippen LogP contribution in [-0.4, -0.2) is 36.7 Å². The van der Waals surface area contributed by atoms with Crippen molar-refractivity contribution in [2.45, 2.75) is 11.9 Å². The van der Waals surface area contributed by atoms with Crippen LogP contribution in [0.3, 0.4) is 0 Å². The molecule has 0 heterocycles. The summed E-state index contributed by atoms with van der Waals surface area (Å²) in [7, 11) is -3.21. The van der Waals surface area contributed by atoms with Crippen molar-refractivity contribution in [3.8, 4) is 0 Å². The molecule has 0 bridgehead atoms. The van der Waals surface area contributed by atoms with E-state index in [1.165, 1.54) is 7.11 Å². The minimum Gasteiger partial charge on any atom is -0.380 e. The number of methoxy groups -OCH3 is 1. The summed E-state index contributed by atoms with van der Waals surface area (Å²) in [5.74, 6) is 0. The second-order valence-corrected chi connectivity index (χ2v) is 3.91. The zero-order valence-corrected chi connectivity index (χ0v) is 6.55. The van der Waals surface area contributed by atoms with Crippen LogP contribution in [0.15, 0.2) is 0 Å². The van der Waals surface area contributed by atoms with E-state index in [9.17, 15) is 8.42 Å². The van der Waals surface area contributed by atoms with E-state index in [-0.39, 0.29) is 0 Å². The van der Waals surface area contributed by atoms with Gasteiger partial charge in [0.15, 0.2) is 0 Å². The molecule has 5 nitrogen and oxygen atoms in total. The Labute approximate surface area is 59.4 Å². The molecular formula is C4H10O5S. The Morgan fingerprint density at radius 1 is 1.60 bits per heavy atom. The van der Waals surface area contributed by atoms with Gasteiger partial charge in [-0.25, -0.2) is 0 Å². The molecule has 0 radical (unpaired) electrons.